The lowest BCUT2D eigenvalue weighted by Gasteiger charge is -2.18. The number of anilines is 1. The van der Waals surface area contributed by atoms with Crippen LogP contribution in [-0.2, 0) is 0 Å². The molecule has 0 radical (unpaired) electrons. The summed E-state index contributed by atoms with van der Waals surface area (Å²) in [5.41, 5.74) is 6.28. The molecule has 19 heavy (non-hydrogen) atoms. The Labute approximate surface area is 116 Å². The topological polar surface area (TPSA) is 79.5 Å². The quantitative estimate of drug-likeness (QED) is 0.880. The van der Waals surface area contributed by atoms with Crippen LogP contribution in [0.4, 0.5) is 5.82 Å². The van der Waals surface area contributed by atoms with E-state index in [0.717, 1.165) is 19.0 Å². The largest absolute Gasteiger partial charge is 0.478 e. The van der Waals surface area contributed by atoms with E-state index in [4.69, 9.17) is 22.4 Å². The molecule has 0 unspecified atom stereocenters. The molecular weight excluding hydrogens is 266 g/mol. The summed E-state index contributed by atoms with van der Waals surface area (Å²) in [5, 5.41) is 9.28. The Hall–Kier alpha value is -1.33. The highest BCUT2D eigenvalue weighted by atomic mass is 35.5. The molecule has 102 valence electrons. The highest BCUT2D eigenvalue weighted by Crippen LogP contribution is 2.42. The Morgan fingerprint density at radius 3 is 2.79 bits per heavy atom. The number of aromatic carboxylic acids is 1. The van der Waals surface area contributed by atoms with E-state index in [1.165, 1.54) is 25.1 Å². The van der Waals surface area contributed by atoms with Crippen molar-refractivity contribution in [1.82, 2.24) is 4.98 Å². The maximum Gasteiger partial charge on any atom is 0.337 e. The lowest BCUT2D eigenvalue weighted by molar-refractivity contribution is 0.0696. The first-order chi connectivity index (χ1) is 9.06. The summed E-state index contributed by atoms with van der Waals surface area (Å²) < 4.78 is 0. The molecule has 0 amide bonds. The van der Waals surface area contributed by atoms with Crippen LogP contribution >= 0.6 is 11.6 Å². The zero-order valence-electron chi connectivity index (χ0n) is 10.4. The number of hydrogen-bond donors (Lipinski definition) is 2. The second-order valence-corrected chi connectivity index (χ2v) is 5.81. The van der Waals surface area contributed by atoms with Gasteiger partial charge in [0.25, 0.3) is 0 Å². The highest BCUT2D eigenvalue weighted by molar-refractivity contribution is 6.33. The van der Waals surface area contributed by atoms with E-state index < -0.39 is 5.97 Å². The van der Waals surface area contributed by atoms with E-state index in [1.54, 1.807) is 0 Å². The van der Waals surface area contributed by atoms with Crippen LogP contribution in [0.5, 0.6) is 0 Å². The maximum atomic E-state index is 10.9. The molecule has 2 atom stereocenters. The first-order valence-electron chi connectivity index (χ1n) is 6.45. The average molecular weight is 282 g/mol. The van der Waals surface area contributed by atoms with Gasteiger partial charge in [-0.15, -0.1) is 0 Å². The van der Waals surface area contributed by atoms with Crippen molar-refractivity contribution >= 4 is 23.4 Å². The molecule has 0 bridgehead atoms. The third-order valence-corrected chi connectivity index (χ3v) is 4.29. The predicted molar refractivity (Wildman–Crippen MR) is 72.6 cm³/mol. The molecule has 6 heteroatoms. The number of halogens is 1. The van der Waals surface area contributed by atoms with E-state index in [9.17, 15) is 4.79 Å². The summed E-state index contributed by atoms with van der Waals surface area (Å²) in [7, 11) is 0. The molecule has 1 aromatic rings. The lowest BCUT2D eigenvalue weighted by Crippen LogP contribution is -2.30. The third kappa shape index (κ3) is 2.40. The maximum absolute atomic E-state index is 10.9. The van der Waals surface area contributed by atoms with Crippen LogP contribution in [0.1, 0.15) is 23.2 Å². The molecule has 1 aliphatic carbocycles. The first-order valence-corrected chi connectivity index (χ1v) is 6.83. The van der Waals surface area contributed by atoms with Gasteiger partial charge in [0, 0.05) is 25.3 Å². The van der Waals surface area contributed by atoms with Crippen LogP contribution in [0.2, 0.25) is 5.02 Å². The lowest BCUT2D eigenvalue weighted by atomic mass is 9.99. The number of pyridine rings is 1. The van der Waals surface area contributed by atoms with Crippen molar-refractivity contribution in [3.05, 3.63) is 22.8 Å². The molecule has 2 fully saturated rings. The van der Waals surface area contributed by atoms with Gasteiger partial charge in [0.05, 0.1) is 10.6 Å². The smallest absolute Gasteiger partial charge is 0.337 e. The van der Waals surface area contributed by atoms with Gasteiger partial charge in [-0.25, -0.2) is 9.78 Å². The Morgan fingerprint density at radius 1 is 1.47 bits per heavy atom. The summed E-state index contributed by atoms with van der Waals surface area (Å²) in [6.07, 6.45) is 3.89. The second-order valence-electron chi connectivity index (χ2n) is 5.40. The third-order valence-electron chi connectivity index (χ3n) is 4.01. The zero-order valence-corrected chi connectivity index (χ0v) is 11.2. The highest BCUT2D eigenvalue weighted by Gasteiger charge is 2.41. The predicted octanol–water partition coefficient (Wildman–Crippen LogP) is 1.61. The van der Waals surface area contributed by atoms with Crippen LogP contribution in [0, 0.1) is 11.8 Å². The standard InChI is InChI=1S/C13H16ClN3O2/c14-10-3-8(13(18)19)4-16-12(10)17-5-9(7-1-2-7)11(15)6-17/h3-4,7,9,11H,1-2,5-6,15H2,(H,18,19)/t9-,11+/m0/s1. The molecule has 1 saturated heterocycles. The minimum Gasteiger partial charge on any atom is -0.478 e. The summed E-state index contributed by atoms with van der Waals surface area (Å²) in [6.45, 7) is 1.60. The number of hydrogen-bond acceptors (Lipinski definition) is 4. The van der Waals surface area contributed by atoms with Gasteiger partial charge in [0.2, 0.25) is 0 Å². The zero-order chi connectivity index (χ0) is 13.6. The molecule has 3 N–H and O–H groups in total. The molecule has 2 aliphatic rings. The Kier molecular flexibility index (Phi) is 3.11. The number of nitrogens with zero attached hydrogens (tertiary/aromatic N) is 2. The van der Waals surface area contributed by atoms with E-state index in [1.807, 2.05) is 0 Å². The average Bonchev–Trinajstić information content (AvgIpc) is 3.13. The summed E-state index contributed by atoms with van der Waals surface area (Å²) in [6, 6.07) is 1.60. The van der Waals surface area contributed by atoms with Crippen molar-refractivity contribution < 1.29 is 9.90 Å². The van der Waals surface area contributed by atoms with Crippen molar-refractivity contribution in [3.63, 3.8) is 0 Å². The molecule has 1 aromatic heterocycles. The minimum atomic E-state index is -1.02. The fourth-order valence-electron chi connectivity index (χ4n) is 2.83. The van der Waals surface area contributed by atoms with Crippen molar-refractivity contribution in [2.24, 2.45) is 17.6 Å². The number of rotatable bonds is 3. The number of aromatic nitrogens is 1. The SMILES string of the molecule is N[C@@H]1CN(c2ncc(C(=O)O)cc2Cl)C[C@H]1C1CC1. The molecular formula is C13H16ClN3O2. The van der Waals surface area contributed by atoms with Crippen molar-refractivity contribution in [2.45, 2.75) is 18.9 Å². The van der Waals surface area contributed by atoms with E-state index in [0.29, 0.717) is 16.8 Å². The monoisotopic (exact) mass is 281 g/mol. The molecule has 3 rings (SSSR count). The van der Waals surface area contributed by atoms with Crippen LogP contribution in [0.15, 0.2) is 12.3 Å². The minimum absolute atomic E-state index is 0.107. The van der Waals surface area contributed by atoms with Crippen molar-refractivity contribution in [2.75, 3.05) is 18.0 Å². The van der Waals surface area contributed by atoms with Crippen molar-refractivity contribution in [3.8, 4) is 0 Å². The van der Waals surface area contributed by atoms with Gasteiger partial charge in [-0.1, -0.05) is 11.6 Å². The second kappa shape index (κ2) is 4.65. The molecule has 5 nitrogen and oxygen atoms in total. The van der Waals surface area contributed by atoms with Gasteiger partial charge in [0.1, 0.15) is 5.82 Å². The fourth-order valence-corrected chi connectivity index (χ4v) is 3.12. The fraction of sp³-hybridized carbons (Fsp3) is 0.538. The van der Waals surface area contributed by atoms with Crippen molar-refractivity contribution in [1.29, 1.82) is 0 Å². The Bertz CT molecular complexity index is 519. The molecule has 0 spiro atoms. The molecule has 1 aliphatic heterocycles. The summed E-state index contributed by atoms with van der Waals surface area (Å²) >= 11 is 6.14. The van der Waals surface area contributed by atoms with E-state index in [-0.39, 0.29) is 11.6 Å². The van der Waals surface area contributed by atoms with E-state index in [2.05, 4.69) is 9.88 Å². The van der Waals surface area contributed by atoms with Gasteiger partial charge in [-0.2, -0.15) is 0 Å². The number of carboxylic acids is 1. The molecule has 1 saturated carbocycles. The number of carboxylic acid groups (broad SMARTS) is 1. The Morgan fingerprint density at radius 2 is 2.21 bits per heavy atom. The van der Waals surface area contributed by atoms with Crippen LogP contribution in [0.25, 0.3) is 0 Å². The summed E-state index contributed by atoms with van der Waals surface area (Å²) in [5.74, 6) is 0.884. The van der Waals surface area contributed by atoms with E-state index >= 15 is 0 Å². The van der Waals surface area contributed by atoms with Crippen LogP contribution in [0.3, 0.4) is 0 Å². The Balaban J connectivity index is 1.81. The molecule has 2 heterocycles. The molecule has 0 aromatic carbocycles. The number of carbonyl (C=O) groups is 1. The summed E-state index contributed by atoms with van der Waals surface area (Å²) in [4.78, 5) is 17.1. The van der Waals surface area contributed by atoms with Crippen LogP contribution < -0.4 is 10.6 Å². The van der Waals surface area contributed by atoms with Crippen LogP contribution in [-0.4, -0.2) is 35.2 Å². The van der Waals surface area contributed by atoms with Gasteiger partial charge < -0.3 is 15.7 Å². The first kappa shape index (κ1) is 12.7. The van der Waals surface area contributed by atoms with Gasteiger partial charge in [-0.05, 0) is 30.7 Å². The number of nitrogens with two attached hydrogens (primary N) is 1. The normalized spacial score (nSPS) is 26.7. The van der Waals surface area contributed by atoms with Gasteiger partial charge in [0.15, 0.2) is 0 Å². The van der Waals surface area contributed by atoms with Gasteiger partial charge >= 0.3 is 5.97 Å². The van der Waals surface area contributed by atoms with Gasteiger partial charge in [-0.3, -0.25) is 0 Å².